The highest BCUT2D eigenvalue weighted by Crippen LogP contribution is 2.22. The van der Waals surface area contributed by atoms with Gasteiger partial charge in [-0.25, -0.2) is 0 Å². The lowest BCUT2D eigenvalue weighted by Gasteiger charge is -2.12. The van der Waals surface area contributed by atoms with Crippen LogP contribution in [0, 0.1) is 0 Å². The summed E-state index contributed by atoms with van der Waals surface area (Å²) in [5, 5.41) is 2.80. The second-order valence-corrected chi connectivity index (χ2v) is 4.16. The van der Waals surface area contributed by atoms with Gasteiger partial charge in [-0.15, -0.1) is 24.8 Å². The fourth-order valence-corrected chi connectivity index (χ4v) is 1.79. The van der Waals surface area contributed by atoms with Crippen LogP contribution in [-0.2, 0) is 6.54 Å². The third-order valence-electron chi connectivity index (χ3n) is 2.76. The SMILES string of the molecule is CCOc1cc(CN)ccc1C(=O)Nc1ccncc1.Cl.Cl. The van der Waals surface area contributed by atoms with Gasteiger partial charge in [0.1, 0.15) is 5.75 Å². The molecule has 0 radical (unpaired) electrons. The first-order valence-corrected chi connectivity index (χ1v) is 6.41. The maximum absolute atomic E-state index is 12.3. The molecule has 1 aromatic carbocycles. The number of pyridine rings is 1. The minimum Gasteiger partial charge on any atom is -0.493 e. The summed E-state index contributed by atoms with van der Waals surface area (Å²) in [5.74, 6) is 0.324. The Morgan fingerprint density at radius 2 is 1.91 bits per heavy atom. The highest BCUT2D eigenvalue weighted by Gasteiger charge is 2.13. The summed E-state index contributed by atoms with van der Waals surface area (Å²) in [6, 6.07) is 8.80. The van der Waals surface area contributed by atoms with Crippen molar-refractivity contribution in [3.8, 4) is 5.75 Å². The Balaban J connectivity index is 0.00000220. The van der Waals surface area contributed by atoms with Gasteiger partial charge in [-0.05, 0) is 36.8 Å². The Morgan fingerprint density at radius 1 is 1.23 bits per heavy atom. The Bertz CT molecular complexity index is 595. The lowest BCUT2D eigenvalue weighted by molar-refractivity contribution is 0.102. The van der Waals surface area contributed by atoms with E-state index in [1.165, 1.54) is 0 Å². The summed E-state index contributed by atoms with van der Waals surface area (Å²) < 4.78 is 5.51. The molecule has 5 nitrogen and oxygen atoms in total. The van der Waals surface area contributed by atoms with Crippen LogP contribution in [0.5, 0.6) is 5.75 Å². The quantitative estimate of drug-likeness (QED) is 0.874. The van der Waals surface area contributed by atoms with Gasteiger partial charge < -0.3 is 15.8 Å². The molecule has 0 fully saturated rings. The van der Waals surface area contributed by atoms with E-state index in [4.69, 9.17) is 10.5 Å². The van der Waals surface area contributed by atoms with E-state index in [9.17, 15) is 4.79 Å². The molecule has 1 aromatic heterocycles. The number of benzene rings is 1. The van der Waals surface area contributed by atoms with Crippen LogP contribution in [0.25, 0.3) is 0 Å². The fraction of sp³-hybridized carbons (Fsp3) is 0.200. The average Bonchev–Trinajstić information content (AvgIpc) is 2.48. The molecule has 0 spiro atoms. The summed E-state index contributed by atoms with van der Waals surface area (Å²) in [7, 11) is 0. The van der Waals surface area contributed by atoms with Crippen LogP contribution < -0.4 is 15.8 Å². The van der Waals surface area contributed by atoms with Gasteiger partial charge in [-0.1, -0.05) is 6.07 Å². The van der Waals surface area contributed by atoms with Crippen molar-refractivity contribution in [3.05, 3.63) is 53.9 Å². The van der Waals surface area contributed by atoms with Crippen molar-refractivity contribution in [2.75, 3.05) is 11.9 Å². The monoisotopic (exact) mass is 343 g/mol. The van der Waals surface area contributed by atoms with Gasteiger partial charge in [0, 0.05) is 24.6 Å². The van der Waals surface area contributed by atoms with Crippen molar-refractivity contribution in [3.63, 3.8) is 0 Å². The van der Waals surface area contributed by atoms with E-state index >= 15 is 0 Å². The maximum Gasteiger partial charge on any atom is 0.259 e. The number of carbonyl (C=O) groups is 1. The van der Waals surface area contributed by atoms with Crippen LogP contribution >= 0.6 is 24.8 Å². The van der Waals surface area contributed by atoms with E-state index < -0.39 is 0 Å². The summed E-state index contributed by atoms with van der Waals surface area (Å²) in [5.41, 5.74) is 7.70. The number of amides is 1. The molecule has 0 saturated heterocycles. The van der Waals surface area contributed by atoms with Gasteiger partial charge in [-0.2, -0.15) is 0 Å². The number of nitrogens with zero attached hydrogens (tertiary/aromatic N) is 1. The van der Waals surface area contributed by atoms with Crippen molar-refractivity contribution in [2.45, 2.75) is 13.5 Å². The lowest BCUT2D eigenvalue weighted by Crippen LogP contribution is -2.14. The maximum atomic E-state index is 12.3. The molecule has 2 aromatic rings. The molecule has 1 heterocycles. The van der Waals surface area contributed by atoms with Gasteiger partial charge in [0.05, 0.1) is 12.2 Å². The number of rotatable bonds is 5. The molecule has 0 aliphatic heterocycles. The van der Waals surface area contributed by atoms with Crippen molar-refractivity contribution in [2.24, 2.45) is 5.73 Å². The van der Waals surface area contributed by atoms with Gasteiger partial charge in [0.15, 0.2) is 0 Å². The summed E-state index contributed by atoms with van der Waals surface area (Å²) in [6.07, 6.45) is 3.24. The molecule has 22 heavy (non-hydrogen) atoms. The van der Waals surface area contributed by atoms with Crippen LogP contribution in [0.15, 0.2) is 42.7 Å². The molecule has 0 aliphatic carbocycles. The van der Waals surface area contributed by atoms with E-state index in [2.05, 4.69) is 10.3 Å². The first kappa shape index (κ1) is 20.2. The Labute approximate surface area is 142 Å². The molecule has 0 bridgehead atoms. The van der Waals surface area contributed by atoms with E-state index in [1.54, 1.807) is 36.7 Å². The Kier molecular flexibility index (Phi) is 9.17. The zero-order chi connectivity index (χ0) is 14.4. The summed E-state index contributed by atoms with van der Waals surface area (Å²) >= 11 is 0. The second kappa shape index (κ2) is 10.00. The van der Waals surface area contributed by atoms with E-state index in [0.29, 0.717) is 30.2 Å². The number of nitrogens with two attached hydrogens (primary N) is 1. The van der Waals surface area contributed by atoms with Crippen LogP contribution in [0.3, 0.4) is 0 Å². The van der Waals surface area contributed by atoms with Gasteiger partial charge in [0.2, 0.25) is 0 Å². The molecular weight excluding hydrogens is 325 g/mol. The third kappa shape index (κ3) is 5.18. The van der Waals surface area contributed by atoms with E-state index in [-0.39, 0.29) is 30.7 Å². The topological polar surface area (TPSA) is 77.2 Å². The zero-order valence-electron chi connectivity index (χ0n) is 12.1. The van der Waals surface area contributed by atoms with Crippen LogP contribution in [0.2, 0.25) is 0 Å². The summed E-state index contributed by atoms with van der Waals surface area (Å²) in [4.78, 5) is 16.2. The van der Waals surface area contributed by atoms with Crippen molar-refractivity contribution in [1.29, 1.82) is 0 Å². The number of aromatic nitrogens is 1. The number of ether oxygens (including phenoxy) is 1. The third-order valence-corrected chi connectivity index (χ3v) is 2.76. The predicted octanol–water partition coefficient (Wildman–Crippen LogP) is 3.03. The normalized spacial score (nSPS) is 9.18. The Hall–Kier alpha value is -1.82. The van der Waals surface area contributed by atoms with E-state index in [0.717, 1.165) is 5.56 Å². The van der Waals surface area contributed by atoms with Crippen LogP contribution in [0.1, 0.15) is 22.8 Å². The molecule has 120 valence electrons. The minimum atomic E-state index is -0.219. The van der Waals surface area contributed by atoms with Crippen LogP contribution in [0.4, 0.5) is 5.69 Å². The molecule has 0 unspecified atom stereocenters. The van der Waals surface area contributed by atoms with Crippen molar-refractivity contribution < 1.29 is 9.53 Å². The zero-order valence-corrected chi connectivity index (χ0v) is 13.7. The number of halogens is 2. The highest BCUT2D eigenvalue weighted by atomic mass is 35.5. The number of anilines is 1. The molecule has 0 aliphatic rings. The number of carbonyl (C=O) groups excluding carboxylic acids is 1. The smallest absolute Gasteiger partial charge is 0.259 e. The average molecular weight is 344 g/mol. The molecule has 0 saturated carbocycles. The Morgan fingerprint density at radius 3 is 2.50 bits per heavy atom. The first-order valence-electron chi connectivity index (χ1n) is 6.41. The van der Waals surface area contributed by atoms with E-state index in [1.807, 2.05) is 13.0 Å². The van der Waals surface area contributed by atoms with Crippen molar-refractivity contribution >= 4 is 36.4 Å². The predicted molar refractivity (Wildman–Crippen MR) is 92.2 cm³/mol. The summed E-state index contributed by atoms with van der Waals surface area (Å²) in [6.45, 7) is 2.77. The fourth-order valence-electron chi connectivity index (χ4n) is 1.79. The molecule has 0 atom stereocenters. The number of hydrogen-bond donors (Lipinski definition) is 2. The highest BCUT2D eigenvalue weighted by molar-refractivity contribution is 6.06. The number of hydrogen-bond acceptors (Lipinski definition) is 4. The van der Waals surface area contributed by atoms with Gasteiger partial charge in [-0.3, -0.25) is 9.78 Å². The molecular formula is C15H19Cl2N3O2. The van der Waals surface area contributed by atoms with Crippen molar-refractivity contribution in [1.82, 2.24) is 4.98 Å². The van der Waals surface area contributed by atoms with Gasteiger partial charge in [0.25, 0.3) is 5.91 Å². The number of nitrogens with one attached hydrogen (secondary N) is 1. The van der Waals surface area contributed by atoms with Gasteiger partial charge >= 0.3 is 0 Å². The van der Waals surface area contributed by atoms with Crippen LogP contribution in [-0.4, -0.2) is 17.5 Å². The molecule has 1 amide bonds. The lowest BCUT2D eigenvalue weighted by atomic mass is 10.1. The standard InChI is InChI=1S/C15H17N3O2.2ClH/c1-2-20-14-9-11(10-16)3-4-13(14)15(19)18-12-5-7-17-8-6-12;;/h3-9H,2,10,16H2,1H3,(H,17,18,19);2*1H. The first-order chi connectivity index (χ1) is 9.74. The second-order valence-electron chi connectivity index (χ2n) is 4.16. The largest absolute Gasteiger partial charge is 0.493 e. The molecule has 7 heteroatoms. The molecule has 3 N–H and O–H groups in total. The molecule has 2 rings (SSSR count). The minimum absolute atomic E-state index is 0.